The predicted octanol–water partition coefficient (Wildman–Crippen LogP) is 3.56. The van der Waals surface area contributed by atoms with Crippen LogP contribution in [0.4, 0.5) is 5.69 Å². The summed E-state index contributed by atoms with van der Waals surface area (Å²) in [6, 6.07) is 13.2. The molecule has 0 saturated carbocycles. The summed E-state index contributed by atoms with van der Waals surface area (Å²) in [5, 5.41) is 9.56. The van der Waals surface area contributed by atoms with Crippen molar-refractivity contribution in [3.63, 3.8) is 0 Å². The Kier molecular flexibility index (Phi) is 7.09. The lowest BCUT2D eigenvalue weighted by Crippen LogP contribution is -2.23. The molecule has 3 rings (SSSR count). The Morgan fingerprint density at radius 2 is 1.97 bits per heavy atom. The highest BCUT2D eigenvalue weighted by Crippen LogP contribution is 2.33. The number of hydrogen-bond donors (Lipinski definition) is 1. The first-order chi connectivity index (χ1) is 14.9. The van der Waals surface area contributed by atoms with E-state index in [2.05, 4.69) is 4.99 Å². The zero-order valence-electron chi connectivity index (χ0n) is 16.9. The van der Waals surface area contributed by atoms with Crippen molar-refractivity contribution >= 4 is 46.5 Å². The molecule has 8 nitrogen and oxygen atoms in total. The van der Waals surface area contributed by atoms with E-state index < -0.39 is 11.9 Å². The lowest BCUT2D eigenvalue weighted by molar-refractivity contribution is -0.145. The predicted molar refractivity (Wildman–Crippen MR) is 117 cm³/mol. The van der Waals surface area contributed by atoms with E-state index in [0.29, 0.717) is 21.5 Å². The molecule has 1 N–H and O–H groups in total. The first-order valence-corrected chi connectivity index (χ1v) is 10.2. The van der Waals surface area contributed by atoms with Crippen LogP contribution in [0.25, 0.3) is 6.08 Å². The fourth-order valence-corrected chi connectivity index (χ4v) is 3.65. The summed E-state index contributed by atoms with van der Waals surface area (Å²) in [5.41, 5.74) is 1.28. The second-order valence-electron chi connectivity index (χ2n) is 6.39. The summed E-state index contributed by atoms with van der Waals surface area (Å²) in [4.78, 5) is 41.5. The molecule has 0 bridgehead atoms. The second kappa shape index (κ2) is 9.94. The van der Waals surface area contributed by atoms with Gasteiger partial charge in [-0.3, -0.25) is 9.69 Å². The van der Waals surface area contributed by atoms with E-state index in [-0.39, 0.29) is 24.7 Å². The number of rotatable bonds is 7. The smallest absolute Gasteiger partial charge is 0.344 e. The van der Waals surface area contributed by atoms with E-state index in [9.17, 15) is 14.4 Å². The minimum Gasteiger partial charge on any atom is -0.482 e. The number of ether oxygens (including phenoxy) is 2. The van der Waals surface area contributed by atoms with Crippen LogP contribution in [-0.4, -0.2) is 53.3 Å². The van der Waals surface area contributed by atoms with Crippen molar-refractivity contribution in [3.05, 3.63) is 64.6 Å². The molecule has 160 valence electrons. The lowest BCUT2D eigenvalue weighted by Gasteiger charge is -2.07. The largest absolute Gasteiger partial charge is 0.482 e. The van der Waals surface area contributed by atoms with Crippen LogP contribution in [0, 0.1) is 0 Å². The van der Waals surface area contributed by atoms with Crippen molar-refractivity contribution in [2.75, 3.05) is 20.3 Å². The third-order valence-electron chi connectivity index (χ3n) is 4.14. The molecule has 31 heavy (non-hydrogen) atoms. The van der Waals surface area contributed by atoms with Gasteiger partial charge in [-0.25, -0.2) is 14.6 Å². The van der Waals surface area contributed by atoms with Crippen LogP contribution in [0.5, 0.6) is 5.75 Å². The third-order valence-corrected chi connectivity index (χ3v) is 5.20. The normalized spacial score (nSPS) is 16.1. The van der Waals surface area contributed by atoms with Crippen molar-refractivity contribution in [3.8, 4) is 5.75 Å². The molecule has 0 aromatic heterocycles. The third kappa shape index (κ3) is 5.73. The molecular formula is C22H20N2O6S. The summed E-state index contributed by atoms with van der Waals surface area (Å²) in [5.74, 6) is -1.25. The molecule has 2 aromatic rings. The number of carboxylic acid groups (broad SMARTS) is 1. The van der Waals surface area contributed by atoms with Gasteiger partial charge in [0.15, 0.2) is 11.8 Å². The van der Waals surface area contributed by atoms with E-state index in [4.69, 9.17) is 14.6 Å². The quantitative estimate of drug-likeness (QED) is 0.518. The van der Waals surface area contributed by atoms with Gasteiger partial charge in [-0.15, -0.1) is 0 Å². The van der Waals surface area contributed by atoms with E-state index >= 15 is 0 Å². The minimum absolute atomic E-state index is 0.120. The molecule has 1 aliphatic rings. The van der Waals surface area contributed by atoms with Gasteiger partial charge in [-0.2, -0.15) is 0 Å². The topological polar surface area (TPSA) is 106 Å². The van der Waals surface area contributed by atoms with Crippen molar-refractivity contribution in [2.45, 2.75) is 6.92 Å². The molecular weight excluding hydrogens is 420 g/mol. The maximum atomic E-state index is 12.6. The van der Waals surface area contributed by atoms with Crippen molar-refractivity contribution in [2.24, 2.45) is 4.99 Å². The Bertz CT molecular complexity index is 1080. The van der Waals surface area contributed by atoms with Gasteiger partial charge in [0.25, 0.3) is 5.91 Å². The number of thioether (sulfide) groups is 1. The van der Waals surface area contributed by atoms with Crippen LogP contribution in [-0.2, 0) is 14.3 Å². The summed E-state index contributed by atoms with van der Waals surface area (Å²) < 4.78 is 10.3. The van der Waals surface area contributed by atoms with Crippen LogP contribution in [0.2, 0.25) is 0 Å². The molecule has 1 saturated heterocycles. The maximum absolute atomic E-state index is 12.6. The van der Waals surface area contributed by atoms with E-state index in [0.717, 1.165) is 5.56 Å². The fraction of sp³-hybridized carbons (Fsp3) is 0.182. The molecule has 0 aliphatic carbocycles. The van der Waals surface area contributed by atoms with Gasteiger partial charge < -0.3 is 14.6 Å². The highest BCUT2D eigenvalue weighted by Gasteiger charge is 2.30. The van der Waals surface area contributed by atoms with E-state index in [1.54, 1.807) is 50.4 Å². The number of hydrogen-bond acceptors (Lipinski definition) is 7. The highest BCUT2D eigenvalue weighted by molar-refractivity contribution is 8.18. The summed E-state index contributed by atoms with van der Waals surface area (Å²) in [7, 11) is 1.61. The van der Waals surface area contributed by atoms with Crippen LogP contribution in [0.15, 0.2) is 58.4 Å². The number of carbonyl (C=O) groups excluding carboxylic acids is 2. The number of aromatic carboxylic acids is 1. The molecule has 1 fully saturated rings. The average molecular weight is 440 g/mol. The van der Waals surface area contributed by atoms with Crippen LogP contribution >= 0.6 is 11.8 Å². The first kappa shape index (κ1) is 22.1. The number of esters is 1. The number of benzene rings is 2. The Hall–Kier alpha value is -3.59. The van der Waals surface area contributed by atoms with Crippen LogP contribution in [0.1, 0.15) is 22.8 Å². The molecule has 0 radical (unpaired) electrons. The number of carbonyl (C=O) groups is 3. The van der Waals surface area contributed by atoms with Gasteiger partial charge in [-0.1, -0.05) is 18.2 Å². The Labute approximate surface area is 183 Å². The molecule has 0 spiro atoms. The SMILES string of the molecule is CCOC(=O)COc1cccc(/C=C2/SC(=Nc3cccc(C(=O)O)c3)N(C)C2=O)c1. The number of carboxylic acids is 1. The van der Waals surface area contributed by atoms with Gasteiger partial charge >= 0.3 is 11.9 Å². The number of nitrogens with zero attached hydrogens (tertiary/aromatic N) is 2. The second-order valence-corrected chi connectivity index (χ2v) is 7.40. The maximum Gasteiger partial charge on any atom is 0.344 e. The monoisotopic (exact) mass is 440 g/mol. The van der Waals surface area contributed by atoms with Crippen molar-refractivity contribution in [1.29, 1.82) is 0 Å². The molecule has 9 heteroatoms. The van der Waals surface area contributed by atoms with E-state index in [1.165, 1.54) is 28.8 Å². The first-order valence-electron chi connectivity index (χ1n) is 9.35. The van der Waals surface area contributed by atoms with Crippen molar-refractivity contribution in [1.82, 2.24) is 4.90 Å². The van der Waals surface area contributed by atoms with Gasteiger partial charge in [-0.05, 0) is 60.7 Å². The average Bonchev–Trinajstić information content (AvgIpc) is 3.01. The van der Waals surface area contributed by atoms with Gasteiger partial charge in [0.1, 0.15) is 5.75 Å². The molecule has 0 unspecified atom stereocenters. The van der Waals surface area contributed by atoms with E-state index in [1.807, 2.05) is 6.07 Å². The number of likely N-dealkylation sites (N-methyl/N-ethyl adjacent to an activating group) is 1. The number of amides is 1. The van der Waals surface area contributed by atoms with Crippen LogP contribution < -0.4 is 4.74 Å². The molecule has 1 heterocycles. The summed E-state index contributed by atoms with van der Waals surface area (Å²) in [6.07, 6.45) is 1.71. The Morgan fingerprint density at radius 1 is 1.19 bits per heavy atom. The minimum atomic E-state index is -1.05. The number of amidine groups is 1. The highest BCUT2D eigenvalue weighted by atomic mass is 32.2. The zero-order valence-corrected chi connectivity index (χ0v) is 17.7. The summed E-state index contributed by atoms with van der Waals surface area (Å²) in [6.45, 7) is 1.81. The lowest BCUT2D eigenvalue weighted by atomic mass is 10.2. The Balaban J connectivity index is 1.77. The molecule has 1 aliphatic heterocycles. The zero-order chi connectivity index (χ0) is 22.4. The summed E-state index contributed by atoms with van der Waals surface area (Å²) >= 11 is 1.19. The van der Waals surface area contributed by atoms with Crippen LogP contribution in [0.3, 0.4) is 0 Å². The van der Waals surface area contributed by atoms with Gasteiger partial charge in [0.05, 0.1) is 22.8 Å². The fourth-order valence-electron chi connectivity index (χ4n) is 2.66. The van der Waals surface area contributed by atoms with Crippen molar-refractivity contribution < 1.29 is 29.0 Å². The standard InChI is InChI=1S/C22H20N2O6S/c1-3-29-19(25)13-30-17-9-4-6-14(10-17)11-18-20(26)24(2)22(31-18)23-16-8-5-7-15(12-16)21(27)28/h4-12H,3,13H2,1-2H3,(H,27,28)/b18-11+,23-22?. The Morgan fingerprint density at radius 3 is 2.71 bits per heavy atom. The number of aliphatic imine (C=N–C) groups is 1. The molecule has 0 atom stereocenters. The molecule has 1 amide bonds. The van der Waals surface area contributed by atoms with Gasteiger partial charge in [0, 0.05) is 7.05 Å². The van der Waals surface area contributed by atoms with Gasteiger partial charge in [0.2, 0.25) is 0 Å². The molecule has 2 aromatic carbocycles.